The molecule has 1 amide bonds. The van der Waals surface area contributed by atoms with E-state index in [-0.39, 0.29) is 11.9 Å². The molecular formula is C21H26N2O2. The minimum Gasteiger partial charge on any atom is -0.384 e. The maximum absolute atomic E-state index is 12.1. The highest BCUT2D eigenvalue weighted by atomic mass is 16.3. The highest BCUT2D eigenvalue weighted by Crippen LogP contribution is 2.38. The van der Waals surface area contributed by atoms with E-state index in [0.29, 0.717) is 6.54 Å². The summed E-state index contributed by atoms with van der Waals surface area (Å²) in [6.07, 6.45) is 0. The Hall–Kier alpha value is -2.17. The molecule has 0 radical (unpaired) electrons. The first-order valence-corrected chi connectivity index (χ1v) is 8.69. The summed E-state index contributed by atoms with van der Waals surface area (Å²) in [5, 5.41) is 17.1. The Labute approximate surface area is 149 Å². The van der Waals surface area contributed by atoms with Crippen molar-refractivity contribution in [2.75, 3.05) is 11.9 Å². The van der Waals surface area contributed by atoms with Gasteiger partial charge in [-0.25, -0.2) is 0 Å². The highest BCUT2D eigenvalue weighted by molar-refractivity contribution is 6.05. The molecule has 4 nitrogen and oxygen atoms in total. The van der Waals surface area contributed by atoms with Crippen LogP contribution in [-0.2, 0) is 15.8 Å². The number of hydrogen-bond donors (Lipinski definition) is 3. The summed E-state index contributed by atoms with van der Waals surface area (Å²) in [7, 11) is 0. The monoisotopic (exact) mass is 338 g/mol. The molecule has 3 rings (SSSR count). The van der Waals surface area contributed by atoms with Crippen LogP contribution in [0.3, 0.4) is 0 Å². The Morgan fingerprint density at radius 1 is 1.20 bits per heavy atom. The molecule has 0 saturated heterocycles. The molecular weight excluding hydrogens is 312 g/mol. The number of hydrogen-bond acceptors (Lipinski definition) is 3. The van der Waals surface area contributed by atoms with Crippen LogP contribution in [0.4, 0.5) is 5.69 Å². The van der Waals surface area contributed by atoms with E-state index in [1.54, 1.807) is 0 Å². The van der Waals surface area contributed by atoms with Crippen molar-refractivity contribution in [3.8, 4) is 0 Å². The van der Waals surface area contributed by atoms with Crippen LogP contribution >= 0.6 is 0 Å². The SMILES string of the molecule is CC(NCC(C)(O)c1ccccc1)c1ccc2c(c1)C(C)(C)C(=O)N2. The number of anilines is 1. The molecule has 1 heterocycles. The normalized spacial score (nSPS) is 19.0. The number of carbonyl (C=O) groups excluding carboxylic acids is 1. The topological polar surface area (TPSA) is 61.4 Å². The predicted molar refractivity (Wildman–Crippen MR) is 101 cm³/mol. The molecule has 1 aliphatic rings. The van der Waals surface area contributed by atoms with E-state index in [1.807, 2.05) is 63.2 Å². The van der Waals surface area contributed by atoms with Crippen molar-refractivity contribution in [2.24, 2.45) is 0 Å². The first-order chi connectivity index (χ1) is 11.7. The maximum atomic E-state index is 12.1. The Morgan fingerprint density at radius 2 is 1.88 bits per heavy atom. The lowest BCUT2D eigenvalue weighted by Crippen LogP contribution is -2.36. The minimum atomic E-state index is -0.941. The van der Waals surface area contributed by atoms with Crippen molar-refractivity contribution in [3.05, 3.63) is 65.2 Å². The minimum absolute atomic E-state index is 0.0345. The fourth-order valence-corrected chi connectivity index (χ4v) is 3.23. The molecule has 25 heavy (non-hydrogen) atoms. The smallest absolute Gasteiger partial charge is 0.234 e. The zero-order valence-electron chi connectivity index (χ0n) is 15.3. The fourth-order valence-electron chi connectivity index (χ4n) is 3.23. The van der Waals surface area contributed by atoms with E-state index >= 15 is 0 Å². The molecule has 132 valence electrons. The number of rotatable bonds is 5. The third-order valence-electron chi connectivity index (χ3n) is 5.18. The second kappa shape index (κ2) is 6.28. The summed E-state index contributed by atoms with van der Waals surface area (Å²) in [5.41, 5.74) is 2.45. The second-order valence-corrected chi connectivity index (χ2v) is 7.63. The van der Waals surface area contributed by atoms with Gasteiger partial charge in [-0.1, -0.05) is 42.5 Å². The Balaban J connectivity index is 1.74. The molecule has 0 spiro atoms. The zero-order chi connectivity index (χ0) is 18.2. The zero-order valence-corrected chi connectivity index (χ0v) is 15.3. The van der Waals surface area contributed by atoms with E-state index in [1.165, 1.54) is 0 Å². The molecule has 2 aromatic rings. The van der Waals surface area contributed by atoms with E-state index < -0.39 is 11.0 Å². The third-order valence-corrected chi connectivity index (χ3v) is 5.18. The van der Waals surface area contributed by atoms with Crippen LogP contribution in [0.25, 0.3) is 0 Å². The summed E-state index contributed by atoms with van der Waals surface area (Å²) in [6.45, 7) is 8.21. The summed E-state index contributed by atoms with van der Waals surface area (Å²) in [4.78, 5) is 12.1. The number of amides is 1. The Morgan fingerprint density at radius 3 is 2.56 bits per heavy atom. The predicted octanol–water partition coefficient (Wildman–Crippen LogP) is 3.47. The number of fused-ring (bicyclic) bond motifs is 1. The second-order valence-electron chi connectivity index (χ2n) is 7.63. The lowest BCUT2D eigenvalue weighted by molar-refractivity contribution is -0.119. The van der Waals surface area contributed by atoms with Gasteiger partial charge >= 0.3 is 0 Å². The number of nitrogens with one attached hydrogen (secondary N) is 2. The standard InChI is InChI=1S/C21H26N2O2/c1-14(22-13-21(4,25)16-8-6-5-7-9-16)15-10-11-18-17(12-15)20(2,3)19(24)23-18/h5-12,14,22,25H,13H2,1-4H3,(H,23,24). The van der Waals surface area contributed by atoms with Gasteiger partial charge in [0.1, 0.15) is 0 Å². The third kappa shape index (κ3) is 3.32. The molecule has 0 aromatic heterocycles. The Kier molecular flexibility index (Phi) is 4.43. The van der Waals surface area contributed by atoms with Gasteiger partial charge in [0.25, 0.3) is 0 Å². The summed E-state index contributed by atoms with van der Waals surface area (Å²) in [5.74, 6) is 0.0345. The van der Waals surface area contributed by atoms with Crippen molar-refractivity contribution in [3.63, 3.8) is 0 Å². The van der Waals surface area contributed by atoms with Gasteiger partial charge in [-0.3, -0.25) is 4.79 Å². The van der Waals surface area contributed by atoms with Gasteiger partial charge in [-0.05, 0) is 50.5 Å². The number of carbonyl (C=O) groups is 1. The van der Waals surface area contributed by atoms with Crippen LogP contribution in [0.5, 0.6) is 0 Å². The summed E-state index contributed by atoms with van der Waals surface area (Å²) < 4.78 is 0. The van der Waals surface area contributed by atoms with Crippen molar-refractivity contribution >= 4 is 11.6 Å². The molecule has 0 saturated carbocycles. The largest absolute Gasteiger partial charge is 0.384 e. The lowest BCUT2D eigenvalue weighted by atomic mass is 9.85. The van der Waals surface area contributed by atoms with E-state index in [2.05, 4.69) is 23.6 Å². The van der Waals surface area contributed by atoms with Crippen molar-refractivity contribution < 1.29 is 9.90 Å². The van der Waals surface area contributed by atoms with Gasteiger partial charge in [0.2, 0.25) is 5.91 Å². The highest BCUT2D eigenvalue weighted by Gasteiger charge is 2.38. The molecule has 4 heteroatoms. The summed E-state index contributed by atoms with van der Waals surface area (Å²) in [6, 6.07) is 15.8. The van der Waals surface area contributed by atoms with Gasteiger partial charge in [0.15, 0.2) is 0 Å². The fraction of sp³-hybridized carbons (Fsp3) is 0.381. The van der Waals surface area contributed by atoms with Crippen molar-refractivity contribution in [2.45, 2.75) is 44.8 Å². The van der Waals surface area contributed by atoms with E-state index in [4.69, 9.17) is 0 Å². The van der Waals surface area contributed by atoms with E-state index in [9.17, 15) is 9.90 Å². The summed E-state index contributed by atoms with van der Waals surface area (Å²) >= 11 is 0. The molecule has 1 aliphatic heterocycles. The molecule has 3 N–H and O–H groups in total. The molecule has 0 fully saturated rings. The molecule has 2 aromatic carbocycles. The number of aliphatic hydroxyl groups is 1. The maximum Gasteiger partial charge on any atom is 0.234 e. The Bertz CT molecular complexity index is 782. The van der Waals surface area contributed by atoms with Crippen LogP contribution in [0.2, 0.25) is 0 Å². The van der Waals surface area contributed by atoms with Crippen LogP contribution in [0, 0.1) is 0 Å². The van der Waals surface area contributed by atoms with Crippen LogP contribution in [0.15, 0.2) is 48.5 Å². The first-order valence-electron chi connectivity index (χ1n) is 8.69. The average Bonchev–Trinajstić information content (AvgIpc) is 2.82. The quantitative estimate of drug-likeness (QED) is 0.782. The molecule has 2 atom stereocenters. The van der Waals surface area contributed by atoms with E-state index in [0.717, 1.165) is 22.4 Å². The molecule has 2 unspecified atom stereocenters. The van der Waals surface area contributed by atoms with Gasteiger partial charge in [0, 0.05) is 18.3 Å². The molecule has 0 bridgehead atoms. The molecule has 0 aliphatic carbocycles. The average molecular weight is 338 g/mol. The lowest BCUT2D eigenvalue weighted by Gasteiger charge is -2.27. The number of benzene rings is 2. The van der Waals surface area contributed by atoms with Gasteiger partial charge in [-0.15, -0.1) is 0 Å². The first kappa shape index (κ1) is 17.6. The van der Waals surface area contributed by atoms with Gasteiger partial charge in [-0.2, -0.15) is 0 Å². The van der Waals surface area contributed by atoms with Crippen LogP contribution in [0.1, 0.15) is 50.4 Å². The van der Waals surface area contributed by atoms with Gasteiger partial charge in [0.05, 0.1) is 11.0 Å². The van der Waals surface area contributed by atoms with Crippen molar-refractivity contribution in [1.82, 2.24) is 5.32 Å². The van der Waals surface area contributed by atoms with Crippen molar-refractivity contribution in [1.29, 1.82) is 0 Å². The van der Waals surface area contributed by atoms with Crippen LogP contribution < -0.4 is 10.6 Å². The van der Waals surface area contributed by atoms with Crippen LogP contribution in [-0.4, -0.2) is 17.6 Å². The van der Waals surface area contributed by atoms with Gasteiger partial charge < -0.3 is 15.7 Å².